The first kappa shape index (κ1) is 51.2. The number of unbranched alkanes of at least 4 members (excludes halogenated alkanes) is 30. The van der Waals surface area contributed by atoms with Crippen molar-refractivity contribution in [3.63, 3.8) is 0 Å². The summed E-state index contributed by atoms with van der Waals surface area (Å²) in [7, 11) is 0. The van der Waals surface area contributed by atoms with Crippen LogP contribution < -0.4 is 9.47 Å². The molecule has 6 heteroatoms. The molecular weight excluding hydrogens is 763 g/mol. The molecule has 6 nitrogen and oxygen atoms in total. The zero-order chi connectivity index (χ0) is 44.1. The Morgan fingerprint density at radius 1 is 0.613 bits per heavy atom. The van der Waals surface area contributed by atoms with Crippen LogP contribution in [-0.4, -0.2) is 11.5 Å². The maximum absolute atomic E-state index is 11.8. The van der Waals surface area contributed by atoms with Gasteiger partial charge in [0.2, 0.25) is 5.58 Å². The normalized spacial score (nSPS) is 14.3. The summed E-state index contributed by atoms with van der Waals surface area (Å²) >= 11 is 0. The first-order chi connectivity index (χ1) is 30.4. The first-order valence-electron chi connectivity index (χ1n) is 26.2. The fourth-order valence-electron chi connectivity index (χ4n) is 9.78. The van der Waals surface area contributed by atoms with Crippen molar-refractivity contribution in [3.05, 3.63) is 81.9 Å². The van der Waals surface area contributed by atoms with E-state index < -0.39 is 0 Å². The maximum atomic E-state index is 11.8. The smallest absolute Gasteiger partial charge is 0.374 e. The highest BCUT2D eigenvalue weighted by atomic mass is 16.6. The van der Waals surface area contributed by atoms with Crippen molar-refractivity contribution in [2.45, 2.75) is 245 Å². The van der Waals surface area contributed by atoms with Gasteiger partial charge >= 0.3 is 5.89 Å². The van der Waals surface area contributed by atoms with E-state index in [2.05, 4.69) is 73.6 Å². The molecule has 0 fully saturated rings. The number of hydrogen-bond acceptors (Lipinski definition) is 4. The Hall–Kier alpha value is -3.41. The second-order valence-corrected chi connectivity index (χ2v) is 19.3. The zero-order valence-electron chi connectivity index (χ0n) is 40.4. The Kier molecular flexibility index (Phi) is 25.3. The van der Waals surface area contributed by atoms with Gasteiger partial charge in [0.05, 0.1) is 11.0 Å². The highest BCUT2D eigenvalue weighted by Gasteiger charge is 2.40. The average Bonchev–Trinajstić information content (AvgIpc) is 3.72. The lowest BCUT2D eigenvalue weighted by atomic mass is 9.83. The second kappa shape index (κ2) is 30.6. The van der Waals surface area contributed by atoms with Gasteiger partial charge in [-0.25, -0.2) is 0 Å². The number of aryl methyl sites for hydroxylation is 1. The van der Waals surface area contributed by atoms with Gasteiger partial charge in [-0.1, -0.05) is 232 Å². The molecule has 3 aromatic rings. The molecule has 0 unspecified atom stereocenters. The predicted octanol–water partition coefficient (Wildman–Crippen LogP) is 17.8. The van der Waals surface area contributed by atoms with E-state index >= 15 is 0 Å². The van der Waals surface area contributed by atoms with E-state index in [4.69, 9.17) is 4.42 Å². The molecule has 2 heterocycles. The predicted molar refractivity (Wildman–Crippen MR) is 266 cm³/mol. The number of hydrogen-bond donors (Lipinski definition) is 0. The van der Waals surface area contributed by atoms with Gasteiger partial charge in [-0.2, -0.15) is 4.57 Å². The number of non-ortho nitro benzene ring substituents is 1. The van der Waals surface area contributed by atoms with Gasteiger partial charge in [-0.3, -0.25) is 10.1 Å². The molecule has 1 aliphatic rings. The Labute approximate surface area is 379 Å². The third-order valence-corrected chi connectivity index (χ3v) is 13.7. The van der Waals surface area contributed by atoms with Gasteiger partial charge in [-0.15, -0.1) is 0 Å². The van der Waals surface area contributed by atoms with E-state index in [9.17, 15) is 10.1 Å². The summed E-state index contributed by atoms with van der Waals surface area (Å²) in [4.78, 5) is 14.0. The summed E-state index contributed by atoms with van der Waals surface area (Å²) in [5.41, 5.74) is 5.18. The Morgan fingerprint density at radius 2 is 1.06 bits per heavy atom. The first-order valence-corrected chi connectivity index (χ1v) is 26.2. The van der Waals surface area contributed by atoms with Crippen molar-refractivity contribution in [1.82, 2.24) is 0 Å². The largest absolute Gasteiger partial charge is 0.398 e. The number of aromatic nitrogens is 1. The van der Waals surface area contributed by atoms with E-state index in [0.717, 1.165) is 54.2 Å². The summed E-state index contributed by atoms with van der Waals surface area (Å²) < 4.78 is 8.80. The highest BCUT2D eigenvalue weighted by molar-refractivity contribution is 5.73. The van der Waals surface area contributed by atoms with Crippen LogP contribution in [0.25, 0.3) is 17.2 Å². The highest BCUT2D eigenvalue weighted by Crippen LogP contribution is 2.49. The molecule has 0 saturated heterocycles. The minimum Gasteiger partial charge on any atom is -0.398 e. The topological polar surface area (TPSA) is 63.4 Å². The van der Waals surface area contributed by atoms with Gasteiger partial charge in [0.1, 0.15) is 0 Å². The third kappa shape index (κ3) is 18.0. The number of benzene rings is 2. The fraction of sp³-hybridized carbons (Fsp3) is 0.696. The number of nitro groups is 1. The van der Waals surface area contributed by atoms with Gasteiger partial charge in [-0.05, 0) is 36.6 Å². The summed E-state index contributed by atoms with van der Waals surface area (Å²) in [6.45, 7) is 10.9. The van der Waals surface area contributed by atoms with Crippen LogP contribution in [0, 0.1) is 10.1 Å². The van der Waals surface area contributed by atoms with Crippen molar-refractivity contribution in [2.75, 3.05) is 11.4 Å². The molecule has 0 N–H and O–H groups in total. The van der Waals surface area contributed by atoms with Crippen LogP contribution in [0.1, 0.15) is 245 Å². The van der Waals surface area contributed by atoms with Crippen LogP contribution in [0.4, 0.5) is 11.4 Å². The number of fused-ring (bicyclic) bond motifs is 2. The average molecular weight is 853 g/mol. The molecule has 1 aromatic heterocycles. The fourth-order valence-corrected chi connectivity index (χ4v) is 9.78. The molecular formula is C56H90N3O3+. The van der Waals surface area contributed by atoms with Gasteiger partial charge in [0, 0.05) is 48.0 Å². The minimum atomic E-state index is -0.363. The molecule has 0 spiro atoms. The summed E-state index contributed by atoms with van der Waals surface area (Å²) in [5.74, 6) is 0.873. The molecule has 62 heavy (non-hydrogen) atoms. The van der Waals surface area contributed by atoms with Crippen LogP contribution >= 0.6 is 0 Å². The van der Waals surface area contributed by atoms with E-state index in [1.54, 1.807) is 12.1 Å². The van der Waals surface area contributed by atoms with Gasteiger partial charge in [0.15, 0.2) is 6.54 Å². The third-order valence-electron chi connectivity index (χ3n) is 13.7. The molecule has 1 aliphatic heterocycles. The lowest BCUT2D eigenvalue weighted by Gasteiger charge is -2.27. The zero-order valence-corrected chi connectivity index (χ0v) is 40.4. The lowest BCUT2D eigenvalue weighted by molar-refractivity contribution is -0.678. The van der Waals surface area contributed by atoms with Crippen LogP contribution in [-0.2, 0) is 12.0 Å². The summed E-state index contributed by atoms with van der Waals surface area (Å²) in [6.07, 6.45) is 50.1. The Balaban J connectivity index is 1.24. The van der Waals surface area contributed by atoms with Crippen LogP contribution in [0.5, 0.6) is 0 Å². The van der Waals surface area contributed by atoms with E-state index in [-0.39, 0.29) is 16.0 Å². The lowest BCUT2D eigenvalue weighted by Crippen LogP contribution is -2.35. The molecule has 346 valence electrons. The van der Waals surface area contributed by atoms with Crippen LogP contribution in [0.15, 0.2) is 64.7 Å². The minimum absolute atomic E-state index is 0.161. The molecule has 0 bridgehead atoms. The molecule has 0 aliphatic carbocycles. The van der Waals surface area contributed by atoms with E-state index in [1.165, 1.54) is 198 Å². The number of anilines is 1. The van der Waals surface area contributed by atoms with Crippen molar-refractivity contribution < 1.29 is 13.9 Å². The molecule has 0 saturated carbocycles. The SMILES string of the molecule is CCCCCCCCCCCCCCCCCCN1/C(=C/C=C/c2oc3ccccc3[n+]2CCCCCCCCCCCCCCCCCC)C(C)(C)c2cc([N+](=O)[O-])ccc21. The molecule has 0 radical (unpaired) electrons. The quantitative estimate of drug-likeness (QED) is 0.0251. The van der Waals surface area contributed by atoms with E-state index in [0.29, 0.717) is 0 Å². The molecule has 0 amide bonds. The number of rotatable bonds is 37. The van der Waals surface area contributed by atoms with Gasteiger partial charge in [0.25, 0.3) is 11.2 Å². The van der Waals surface area contributed by atoms with E-state index in [1.807, 2.05) is 12.1 Å². The summed E-state index contributed by atoms with van der Waals surface area (Å²) in [5, 5.41) is 11.8. The number of nitro benzene ring substituents is 1. The van der Waals surface area contributed by atoms with Crippen LogP contribution in [0.3, 0.4) is 0 Å². The number of para-hydroxylation sites is 2. The standard InChI is InChI=1S/C56H90N3O3/c1-5-7-9-11-13-15-17-19-21-23-25-27-29-31-33-37-46-57-51-45-44-49(59(60)61)48-50(51)56(3,4)54(57)42-39-43-55-58(52-40-35-36-41-53(52)62-55)47-38-34-32-30-28-26-24-22-20-18-16-14-12-10-8-6-2/h35-36,39-45,48H,5-34,37-38,46-47H2,1-4H3/q+1. The molecule has 4 rings (SSSR count). The maximum Gasteiger partial charge on any atom is 0.374 e. The Morgan fingerprint density at radius 3 is 1.55 bits per heavy atom. The monoisotopic (exact) mass is 853 g/mol. The second-order valence-electron chi connectivity index (χ2n) is 19.3. The molecule has 2 aromatic carbocycles. The van der Waals surface area contributed by atoms with Gasteiger partial charge < -0.3 is 9.32 Å². The number of oxazole rings is 1. The van der Waals surface area contributed by atoms with Crippen molar-refractivity contribution in [3.8, 4) is 0 Å². The summed E-state index contributed by atoms with van der Waals surface area (Å²) in [6, 6.07) is 13.8. The number of nitrogens with zero attached hydrogens (tertiary/aromatic N) is 3. The van der Waals surface area contributed by atoms with Crippen molar-refractivity contribution in [1.29, 1.82) is 0 Å². The number of allylic oxidation sites excluding steroid dienone is 3. The van der Waals surface area contributed by atoms with Crippen molar-refractivity contribution in [2.24, 2.45) is 0 Å². The van der Waals surface area contributed by atoms with Crippen LogP contribution in [0.2, 0.25) is 0 Å². The Bertz CT molecular complexity index is 1720. The molecule has 0 atom stereocenters. The van der Waals surface area contributed by atoms with Crippen molar-refractivity contribution >= 4 is 28.6 Å².